The van der Waals surface area contributed by atoms with Gasteiger partial charge in [-0.1, -0.05) is 45.0 Å². The number of aromatic nitrogens is 1. The van der Waals surface area contributed by atoms with Gasteiger partial charge in [-0.05, 0) is 5.39 Å². The quantitative estimate of drug-likeness (QED) is 0.882. The van der Waals surface area contributed by atoms with Crippen molar-refractivity contribution in [2.24, 2.45) is 11.1 Å². The molecule has 2 nitrogen and oxygen atoms in total. The fourth-order valence-corrected chi connectivity index (χ4v) is 2.25. The normalized spacial score (nSPS) is 15.6. The van der Waals surface area contributed by atoms with Gasteiger partial charge in [0.25, 0.3) is 0 Å². The maximum absolute atomic E-state index is 15.3. The summed E-state index contributed by atoms with van der Waals surface area (Å²) in [5.74, 6) is 0. The third-order valence-electron chi connectivity index (χ3n) is 3.57. The number of rotatable bonds is 2. The molecule has 1 unspecified atom stereocenters. The van der Waals surface area contributed by atoms with E-state index in [9.17, 15) is 0 Å². The molecule has 2 aromatic rings. The highest BCUT2D eigenvalue weighted by molar-refractivity contribution is 5.85. The van der Waals surface area contributed by atoms with Crippen LogP contribution in [0.15, 0.2) is 36.7 Å². The van der Waals surface area contributed by atoms with Crippen LogP contribution in [0.2, 0.25) is 0 Å². The van der Waals surface area contributed by atoms with Crippen molar-refractivity contribution in [1.82, 2.24) is 4.98 Å². The van der Waals surface area contributed by atoms with Gasteiger partial charge in [-0.2, -0.15) is 0 Å². The van der Waals surface area contributed by atoms with Crippen LogP contribution in [0, 0.1) is 5.41 Å². The molecule has 0 aliphatic rings. The molecule has 96 valence electrons. The smallest absolute Gasteiger partial charge is 0.154 e. The molecule has 1 atom stereocenters. The van der Waals surface area contributed by atoms with Gasteiger partial charge in [-0.15, -0.1) is 0 Å². The number of hydrogen-bond acceptors (Lipinski definition) is 2. The highest BCUT2D eigenvalue weighted by Gasteiger charge is 2.44. The molecule has 0 aliphatic heterocycles. The van der Waals surface area contributed by atoms with Gasteiger partial charge in [0, 0.05) is 35.3 Å². The third-order valence-corrected chi connectivity index (χ3v) is 3.57. The topological polar surface area (TPSA) is 38.9 Å². The van der Waals surface area contributed by atoms with Gasteiger partial charge in [0.2, 0.25) is 0 Å². The van der Waals surface area contributed by atoms with E-state index in [2.05, 4.69) is 4.98 Å². The van der Waals surface area contributed by atoms with Crippen molar-refractivity contribution in [3.05, 3.63) is 42.2 Å². The number of benzene rings is 1. The van der Waals surface area contributed by atoms with Gasteiger partial charge in [-0.3, -0.25) is 4.98 Å². The first-order valence-corrected chi connectivity index (χ1v) is 6.12. The van der Waals surface area contributed by atoms with Crippen molar-refractivity contribution >= 4 is 10.8 Å². The van der Waals surface area contributed by atoms with E-state index >= 15 is 4.39 Å². The number of nitrogens with two attached hydrogens (primary N) is 1. The predicted octanol–water partition coefficient (Wildman–Crippen LogP) is 3.40. The lowest BCUT2D eigenvalue weighted by Gasteiger charge is -2.37. The van der Waals surface area contributed by atoms with Gasteiger partial charge in [0.05, 0.1) is 0 Å². The Balaban J connectivity index is 2.74. The van der Waals surface area contributed by atoms with Crippen LogP contribution >= 0.6 is 0 Å². The van der Waals surface area contributed by atoms with Crippen LogP contribution in [0.1, 0.15) is 26.3 Å². The second-order valence-electron chi connectivity index (χ2n) is 5.66. The maximum atomic E-state index is 15.3. The van der Waals surface area contributed by atoms with Crippen LogP contribution < -0.4 is 5.73 Å². The maximum Gasteiger partial charge on any atom is 0.154 e. The summed E-state index contributed by atoms with van der Waals surface area (Å²) in [5.41, 5.74) is 4.13. The minimum atomic E-state index is -1.58. The molecule has 1 aromatic carbocycles. The van der Waals surface area contributed by atoms with Crippen LogP contribution in [-0.2, 0) is 5.67 Å². The van der Waals surface area contributed by atoms with E-state index in [-0.39, 0.29) is 6.54 Å². The number of nitrogens with zero attached hydrogens (tertiary/aromatic N) is 1. The number of alkyl halides is 1. The van der Waals surface area contributed by atoms with Gasteiger partial charge in [-0.25, -0.2) is 4.39 Å². The standard InChI is InChI=1S/C15H19FN2/c1-14(2,3)15(16,10-17)13-9-18-8-11-6-4-5-7-12(11)13/h4-9H,10,17H2,1-3H3. The molecule has 1 heterocycles. The molecular weight excluding hydrogens is 227 g/mol. The Morgan fingerprint density at radius 3 is 2.44 bits per heavy atom. The summed E-state index contributed by atoms with van der Waals surface area (Å²) in [6, 6.07) is 7.69. The predicted molar refractivity (Wildman–Crippen MR) is 73.0 cm³/mol. The summed E-state index contributed by atoms with van der Waals surface area (Å²) in [7, 11) is 0. The first-order chi connectivity index (χ1) is 8.40. The Morgan fingerprint density at radius 1 is 1.17 bits per heavy atom. The second kappa shape index (κ2) is 4.32. The fraction of sp³-hybridized carbons (Fsp3) is 0.400. The van der Waals surface area contributed by atoms with Gasteiger partial charge >= 0.3 is 0 Å². The molecule has 2 N–H and O–H groups in total. The van der Waals surface area contributed by atoms with E-state index in [0.29, 0.717) is 5.56 Å². The van der Waals surface area contributed by atoms with Crippen LogP contribution in [0.5, 0.6) is 0 Å². The fourth-order valence-electron chi connectivity index (χ4n) is 2.25. The number of hydrogen-bond donors (Lipinski definition) is 1. The summed E-state index contributed by atoms with van der Waals surface area (Å²) < 4.78 is 15.3. The summed E-state index contributed by atoms with van der Waals surface area (Å²) in [4.78, 5) is 4.14. The minimum absolute atomic E-state index is 0.0494. The zero-order valence-corrected chi connectivity index (χ0v) is 11.1. The monoisotopic (exact) mass is 246 g/mol. The molecule has 0 spiro atoms. The number of pyridine rings is 1. The van der Waals surface area contributed by atoms with Crippen LogP contribution in [0.25, 0.3) is 10.8 Å². The van der Waals surface area contributed by atoms with E-state index in [1.54, 1.807) is 12.4 Å². The van der Waals surface area contributed by atoms with E-state index in [0.717, 1.165) is 10.8 Å². The molecule has 18 heavy (non-hydrogen) atoms. The minimum Gasteiger partial charge on any atom is -0.327 e. The Labute approximate surface area is 107 Å². The lowest BCUT2D eigenvalue weighted by atomic mass is 9.73. The Bertz CT molecular complexity index is 554. The summed E-state index contributed by atoms with van der Waals surface area (Å²) >= 11 is 0. The molecule has 0 amide bonds. The number of halogens is 1. The van der Waals surface area contributed by atoms with Crippen molar-refractivity contribution in [2.45, 2.75) is 26.4 Å². The second-order valence-corrected chi connectivity index (χ2v) is 5.66. The van der Waals surface area contributed by atoms with Crippen molar-refractivity contribution in [3.8, 4) is 0 Å². The molecule has 1 aromatic heterocycles. The summed E-state index contributed by atoms with van der Waals surface area (Å²) in [5, 5.41) is 1.82. The Morgan fingerprint density at radius 2 is 1.83 bits per heavy atom. The van der Waals surface area contributed by atoms with E-state index < -0.39 is 11.1 Å². The lowest BCUT2D eigenvalue weighted by Crippen LogP contribution is -2.42. The average Bonchev–Trinajstić information content (AvgIpc) is 2.35. The molecule has 0 aliphatic carbocycles. The zero-order chi connectivity index (χ0) is 13.4. The first-order valence-electron chi connectivity index (χ1n) is 6.12. The van der Waals surface area contributed by atoms with Gasteiger partial charge in [0.15, 0.2) is 5.67 Å². The molecule has 0 radical (unpaired) electrons. The lowest BCUT2D eigenvalue weighted by molar-refractivity contribution is 0.0355. The summed E-state index contributed by atoms with van der Waals surface area (Å²) in [6.07, 6.45) is 3.35. The molecule has 3 heteroatoms. The molecule has 0 saturated carbocycles. The SMILES string of the molecule is CC(C)(C)C(F)(CN)c1cncc2ccccc12. The Hall–Kier alpha value is -1.48. The molecule has 0 bridgehead atoms. The molecular formula is C15H19FN2. The van der Waals surface area contributed by atoms with Crippen LogP contribution in [-0.4, -0.2) is 11.5 Å². The van der Waals surface area contributed by atoms with Crippen molar-refractivity contribution in [1.29, 1.82) is 0 Å². The molecule has 0 saturated heterocycles. The van der Waals surface area contributed by atoms with Crippen molar-refractivity contribution in [2.75, 3.05) is 6.54 Å². The van der Waals surface area contributed by atoms with E-state index in [4.69, 9.17) is 5.73 Å². The number of fused-ring (bicyclic) bond motifs is 1. The largest absolute Gasteiger partial charge is 0.327 e. The van der Waals surface area contributed by atoms with Crippen LogP contribution in [0.4, 0.5) is 4.39 Å². The highest BCUT2D eigenvalue weighted by Crippen LogP contribution is 2.44. The third kappa shape index (κ3) is 1.89. The van der Waals surface area contributed by atoms with E-state index in [1.807, 2.05) is 45.0 Å². The molecule has 0 fully saturated rings. The average molecular weight is 246 g/mol. The summed E-state index contributed by atoms with van der Waals surface area (Å²) in [6.45, 7) is 5.54. The van der Waals surface area contributed by atoms with Crippen molar-refractivity contribution in [3.63, 3.8) is 0 Å². The Kier molecular flexibility index (Phi) is 3.11. The van der Waals surface area contributed by atoms with E-state index in [1.165, 1.54) is 0 Å². The first kappa shape index (κ1) is 13.0. The van der Waals surface area contributed by atoms with Gasteiger partial charge in [0.1, 0.15) is 0 Å². The zero-order valence-electron chi connectivity index (χ0n) is 11.1. The van der Waals surface area contributed by atoms with Crippen LogP contribution in [0.3, 0.4) is 0 Å². The molecule has 2 rings (SSSR count). The van der Waals surface area contributed by atoms with Crippen molar-refractivity contribution < 1.29 is 4.39 Å². The highest BCUT2D eigenvalue weighted by atomic mass is 19.1. The van der Waals surface area contributed by atoms with Gasteiger partial charge < -0.3 is 5.73 Å².